The van der Waals surface area contributed by atoms with Crippen LogP contribution in [-0.4, -0.2) is 22.4 Å². The zero-order valence-electron chi connectivity index (χ0n) is 12.1. The van der Waals surface area contributed by atoms with Crippen molar-refractivity contribution in [3.63, 3.8) is 0 Å². The molecule has 1 aromatic rings. The molecule has 3 rings (SSSR count). The topological polar surface area (TPSA) is 29.9 Å². The second kappa shape index (κ2) is 5.10. The third kappa shape index (κ3) is 2.31. The SMILES string of the molecule is CCNC(Cc1c(Cl)c(C)nn1C)C1C2CCCC21. The van der Waals surface area contributed by atoms with Gasteiger partial charge in [-0.1, -0.05) is 24.9 Å². The van der Waals surface area contributed by atoms with Crippen molar-refractivity contribution in [2.24, 2.45) is 24.8 Å². The maximum atomic E-state index is 6.39. The van der Waals surface area contributed by atoms with E-state index in [2.05, 4.69) is 17.3 Å². The minimum atomic E-state index is 0.576. The number of nitrogens with one attached hydrogen (secondary N) is 1. The van der Waals surface area contributed by atoms with E-state index >= 15 is 0 Å². The fourth-order valence-electron chi connectivity index (χ4n) is 4.19. The molecule has 3 atom stereocenters. The highest BCUT2D eigenvalue weighted by atomic mass is 35.5. The van der Waals surface area contributed by atoms with Crippen molar-refractivity contribution < 1.29 is 0 Å². The fraction of sp³-hybridized carbons (Fsp3) is 0.800. The lowest BCUT2D eigenvalue weighted by atomic mass is 9.99. The van der Waals surface area contributed by atoms with E-state index in [4.69, 9.17) is 11.6 Å². The number of fused-ring (bicyclic) bond motifs is 1. The zero-order chi connectivity index (χ0) is 13.6. The van der Waals surface area contributed by atoms with Gasteiger partial charge < -0.3 is 5.32 Å². The van der Waals surface area contributed by atoms with Gasteiger partial charge in [-0.05, 0) is 44.1 Å². The molecule has 0 aliphatic heterocycles. The van der Waals surface area contributed by atoms with Crippen LogP contribution in [0.25, 0.3) is 0 Å². The lowest BCUT2D eigenvalue weighted by Gasteiger charge is -2.20. The average molecular weight is 282 g/mol. The summed E-state index contributed by atoms with van der Waals surface area (Å²) in [7, 11) is 2.00. The molecule has 19 heavy (non-hydrogen) atoms. The van der Waals surface area contributed by atoms with Gasteiger partial charge in [0, 0.05) is 19.5 Å². The molecule has 2 aliphatic rings. The van der Waals surface area contributed by atoms with Gasteiger partial charge in [-0.15, -0.1) is 0 Å². The molecule has 0 spiro atoms. The summed E-state index contributed by atoms with van der Waals surface area (Å²) in [4.78, 5) is 0. The molecule has 1 N–H and O–H groups in total. The molecule has 0 bridgehead atoms. The van der Waals surface area contributed by atoms with E-state index in [0.717, 1.165) is 41.4 Å². The molecule has 106 valence electrons. The first kappa shape index (κ1) is 13.4. The Hall–Kier alpha value is -0.540. The Morgan fingerprint density at radius 1 is 1.42 bits per heavy atom. The first-order chi connectivity index (χ1) is 9.13. The summed E-state index contributed by atoms with van der Waals surface area (Å²) < 4.78 is 1.96. The van der Waals surface area contributed by atoms with Crippen molar-refractivity contribution in [3.8, 4) is 0 Å². The van der Waals surface area contributed by atoms with E-state index < -0.39 is 0 Å². The third-order valence-corrected chi connectivity index (χ3v) is 5.57. The van der Waals surface area contributed by atoms with E-state index in [-0.39, 0.29) is 0 Å². The van der Waals surface area contributed by atoms with Crippen LogP contribution in [0.1, 0.15) is 37.6 Å². The molecule has 1 aromatic heterocycles. The number of hydrogen-bond acceptors (Lipinski definition) is 2. The summed E-state index contributed by atoms with van der Waals surface area (Å²) in [6, 6.07) is 0.576. The number of hydrogen-bond donors (Lipinski definition) is 1. The van der Waals surface area contributed by atoms with Crippen molar-refractivity contribution in [1.82, 2.24) is 15.1 Å². The molecule has 4 heteroatoms. The van der Waals surface area contributed by atoms with Crippen LogP contribution >= 0.6 is 11.6 Å². The van der Waals surface area contributed by atoms with Gasteiger partial charge in [0.1, 0.15) is 0 Å². The van der Waals surface area contributed by atoms with Crippen LogP contribution in [0.4, 0.5) is 0 Å². The van der Waals surface area contributed by atoms with Gasteiger partial charge >= 0.3 is 0 Å². The summed E-state index contributed by atoms with van der Waals surface area (Å²) >= 11 is 6.39. The van der Waals surface area contributed by atoms with Crippen LogP contribution in [0.5, 0.6) is 0 Å². The van der Waals surface area contributed by atoms with Crippen LogP contribution in [0.3, 0.4) is 0 Å². The Morgan fingerprint density at radius 2 is 2.11 bits per heavy atom. The molecule has 0 radical (unpaired) electrons. The summed E-state index contributed by atoms with van der Waals surface area (Å²) in [5.74, 6) is 2.84. The molecule has 3 unspecified atom stereocenters. The van der Waals surface area contributed by atoms with Crippen LogP contribution in [-0.2, 0) is 13.5 Å². The first-order valence-corrected chi connectivity index (χ1v) is 7.92. The zero-order valence-corrected chi connectivity index (χ0v) is 12.9. The van der Waals surface area contributed by atoms with Gasteiger partial charge in [0.25, 0.3) is 0 Å². The third-order valence-electron chi connectivity index (χ3n) is 5.08. The number of aryl methyl sites for hydroxylation is 2. The monoisotopic (exact) mass is 281 g/mol. The Morgan fingerprint density at radius 3 is 2.63 bits per heavy atom. The molecule has 1 heterocycles. The molecule has 0 aromatic carbocycles. The Bertz CT molecular complexity index is 458. The molecule has 0 saturated heterocycles. The molecule has 3 nitrogen and oxygen atoms in total. The summed E-state index contributed by atoms with van der Waals surface area (Å²) in [5, 5.41) is 8.98. The van der Waals surface area contributed by atoms with E-state index in [1.54, 1.807) is 0 Å². The lowest BCUT2D eigenvalue weighted by molar-refractivity contribution is 0.403. The second-order valence-corrected chi connectivity index (χ2v) is 6.55. The molecule has 0 amide bonds. The highest BCUT2D eigenvalue weighted by Crippen LogP contribution is 2.59. The number of aromatic nitrogens is 2. The standard InChI is InChI=1S/C15H24ClN3/c1-4-17-12(14-10-6-5-7-11(10)14)8-13-15(16)9(2)18-19(13)3/h10-12,14,17H,4-8H2,1-3H3. The van der Waals surface area contributed by atoms with Crippen molar-refractivity contribution >= 4 is 11.6 Å². The molecular weight excluding hydrogens is 258 g/mol. The highest BCUT2D eigenvalue weighted by Gasteiger charge is 2.55. The van der Waals surface area contributed by atoms with Crippen molar-refractivity contribution in [2.75, 3.05) is 6.54 Å². The van der Waals surface area contributed by atoms with Crippen LogP contribution < -0.4 is 5.32 Å². The molecule has 2 aliphatic carbocycles. The number of halogens is 1. The summed E-state index contributed by atoms with van der Waals surface area (Å²) in [6.45, 7) is 5.22. The van der Waals surface area contributed by atoms with Crippen molar-refractivity contribution in [2.45, 2.75) is 45.6 Å². The van der Waals surface area contributed by atoms with Gasteiger partial charge in [0.2, 0.25) is 0 Å². The van der Waals surface area contributed by atoms with Gasteiger partial charge in [-0.2, -0.15) is 5.10 Å². The lowest BCUT2D eigenvalue weighted by Crippen LogP contribution is -2.35. The fourth-order valence-corrected chi connectivity index (χ4v) is 4.43. The van der Waals surface area contributed by atoms with Crippen molar-refractivity contribution in [3.05, 3.63) is 16.4 Å². The van der Waals surface area contributed by atoms with E-state index in [1.165, 1.54) is 25.0 Å². The predicted octanol–water partition coefficient (Wildman–Crippen LogP) is 2.95. The summed E-state index contributed by atoms with van der Waals surface area (Å²) in [6.07, 6.45) is 5.34. The Balaban J connectivity index is 1.74. The highest BCUT2D eigenvalue weighted by molar-refractivity contribution is 6.31. The second-order valence-electron chi connectivity index (χ2n) is 6.17. The van der Waals surface area contributed by atoms with Crippen molar-refractivity contribution in [1.29, 1.82) is 0 Å². The van der Waals surface area contributed by atoms with E-state index in [9.17, 15) is 0 Å². The smallest absolute Gasteiger partial charge is 0.0847 e. The number of nitrogens with zero attached hydrogens (tertiary/aromatic N) is 2. The van der Waals surface area contributed by atoms with Gasteiger partial charge in [-0.25, -0.2) is 0 Å². The normalized spacial score (nSPS) is 30.4. The Labute approximate surface area is 120 Å². The van der Waals surface area contributed by atoms with Crippen LogP contribution in [0.15, 0.2) is 0 Å². The quantitative estimate of drug-likeness (QED) is 0.899. The number of rotatable bonds is 5. The van der Waals surface area contributed by atoms with Crippen LogP contribution in [0, 0.1) is 24.7 Å². The van der Waals surface area contributed by atoms with Gasteiger partial charge in [-0.3, -0.25) is 4.68 Å². The summed E-state index contributed by atoms with van der Waals surface area (Å²) in [5.41, 5.74) is 2.14. The number of likely N-dealkylation sites (N-methyl/N-ethyl adjacent to an activating group) is 1. The molecule has 2 saturated carbocycles. The van der Waals surface area contributed by atoms with Gasteiger partial charge in [0.05, 0.1) is 16.4 Å². The minimum Gasteiger partial charge on any atom is -0.314 e. The minimum absolute atomic E-state index is 0.576. The molecule has 2 fully saturated rings. The molecular formula is C15H24ClN3. The first-order valence-electron chi connectivity index (χ1n) is 7.54. The van der Waals surface area contributed by atoms with E-state index in [0.29, 0.717) is 6.04 Å². The Kier molecular flexibility index (Phi) is 3.61. The largest absolute Gasteiger partial charge is 0.314 e. The maximum absolute atomic E-state index is 6.39. The maximum Gasteiger partial charge on any atom is 0.0847 e. The predicted molar refractivity (Wildman–Crippen MR) is 78.4 cm³/mol. The van der Waals surface area contributed by atoms with E-state index in [1.807, 2.05) is 18.7 Å². The van der Waals surface area contributed by atoms with Crippen LogP contribution in [0.2, 0.25) is 5.02 Å². The van der Waals surface area contributed by atoms with Gasteiger partial charge in [0.15, 0.2) is 0 Å². The average Bonchev–Trinajstić information content (AvgIpc) is 2.74.